The van der Waals surface area contributed by atoms with E-state index in [1.54, 1.807) is 13.0 Å². The molecular weight excluding hydrogens is 184 g/mol. The summed E-state index contributed by atoms with van der Waals surface area (Å²) >= 11 is 0. The summed E-state index contributed by atoms with van der Waals surface area (Å²) in [5, 5.41) is 14.2. The molecule has 5 nitrogen and oxygen atoms in total. The molecule has 74 valence electrons. The number of allylic oxidation sites excluding steroid dienone is 1. The lowest BCUT2D eigenvalue weighted by atomic mass is 10.2. The third-order valence-corrected chi connectivity index (χ3v) is 2.18. The number of hydrogen-bond acceptors (Lipinski definition) is 4. The molecule has 0 radical (unpaired) electrons. The van der Waals surface area contributed by atoms with Crippen molar-refractivity contribution in [3.63, 3.8) is 0 Å². The Morgan fingerprint density at radius 2 is 2.36 bits per heavy atom. The quantitative estimate of drug-likeness (QED) is 0.546. The smallest absolute Gasteiger partial charge is 0.338 e. The molecule has 0 unspecified atom stereocenters. The lowest BCUT2D eigenvalue weighted by Gasteiger charge is -1.86. The maximum absolute atomic E-state index is 10.6. The number of nitrogens with zero attached hydrogens (tertiary/aromatic N) is 2. The van der Waals surface area contributed by atoms with Crippen LogP contribution in [-0.4, -0.2) is 10.1 Å². The summed E-state index contributed by atoms with van der Waals surface area (Å²) < 4.78 is 4.86. The Morgan fingerprint density at radius 3 is 2.93 bits per heavy atom. The fraction of sp³-hybridized carbons (Fsp3) is 0.444. The minimum atomic E-state index is -0.460. The summed E-state index contributed by atoms with van der Waals surface area (Å²) in [5.41, 5.74) is 0.298. The standard InChI is InChI=1S/C9H10N2O3/c1-6-9(11(12)13)8(14-10-6)5-4-7-2-3-7/h4-5,7H,2-3H2,1H3/b5-4+. The van der Waals surface area contributed by atoms with Crippen molar-refractivity contribution in [3.05, 3.63) is 27.6 Å². The first-order chi connectivity index (χ1) is 6.68. The summed E-state index contributed by atoms with van der Waals surface area (Å²) in [4.78, 5) is 10.2. The highest BCUT2D eigenvalue weighted by Crippen LogP contribution is 2.32. The summed E-state index contributed by atoms with van der Waals surface area (Å²) in [6.07, 6.45) is 5.91. The maximum Gasteiger partial charge on any atom is 0.338 e. The third-order valence-electron chi connectivity index (χ3n) is 2.18. The van der Waals surface area contributed by atoms with E-state index in [4.69, 9.17) is 4.52 Å². The minimum Gasteiger partial charge on any atom is -0.349 e. The Hall–Kier alpha value is -1.65. The molecule has 1 aromatic rings. The van der Waals surface area contributed by atoms with Gasteiger partial charge >= 0.3 is 5.69 Å². The van der Waals surface area contributed by atoms with Crippen molar-refractivity contribution in [2.24, 2.45) is 5.92 Å². The molecule has 5 heteroatoms. The van der Waals surface area contributed by atoms with Crippen LogP contribution in [0.4, 0.5) is 5.69 Å². The summed E-state index contributed by atoms with van der Waals surface area (Å²) in [6.45, 7) is 1.57. The average Bonchev–Trinajstić information content (AvgIpc) is 2.86. The van der Waals surface area contributed by atoms with Crippen LogP contribution in [0.25, 0.3) is 6.08 Å². The van der Waals surface area contributed by atoms with Gasteiger partial charge in [-0.25, -0.2) is 0 Å². The van der Waals surface area contributed by atoms with Gasteiger partial charge in [0.2, 0.25) is 5.76 Å². The van der Waals surface area contributed by atoms with Gasteiger partial charge in [-0.15, -0.1) is 0 Å². The zero-order valence-electron chi connectivity index (χ0n) is 7.77. The molecule has 1 heterocycles. The molecule has 1 aliphatic carbocycles. The molecule has 0 aromatic carbocycles. The van der Waals surface area contributed by atoms with Gasteiger partial charge in [-0.2, -0.15) is 0 Å². The Balaban J connectivity index is 2.27. The van der Waals surface area contributed by atoms with Crippen LogP contribution in [0.2, 0.25) is 0 Å². The maximum atomic E-state index is 10.6. The number of aromatic nitrogens is 1. The van der Waals surface area contributed by atoms with Crippen molar-refractivity contribution >= 4 is 11.8 Å². The molecule has 0 amide bonds. The summed E-state index contributed by atoms with van der Waals surface area (Å²) in [6, 6.07) is 0. The normalized spacial score (nSPS) is 16.4. The van der Waals surface area contributed by atoms with E-state index in [9.17, 15) is 10.1 Å². The third kappa shape index (κ3) is 1.66. The lowest BCUT2D eigenvalue weighted by molar-refractivity contribution is -0.386. The van der Waals surface area contributed by atoms with E-state index in [-0.39, 0.29) is 11.4 Å². The highest BCUT2D eigenvalue weighted by Gasteiger charge is 2.23. The SMILES string of the molecule is Cc1noc(/C=C/C2CC2)c1[N+](=O)[O-]. The molecular formula is C9H10N2O3. The number of aryl methyl sites for hydroxylation is 1. The van der Waals surface area contributed by atoms with Crippen LogP contribution >= 0.6 is 0 Å². The van der Waals surface area contributed by atoms with E-state index >= 15 is 0 Å². The van der Waals surface area contributed by atoms with E-state index in [1.807, 2.05) is 6.08 Å². The largest absolute Gasteiger partial charge is 0.349 e. The zero-order chi connectivity index (χ0) is 10.1. The van der Waals surface area contributed by atoms with Crippen LogP contribution in [0, 0.1) is 23.0 Å². The van der Waals surface area contributed by atoms with Gasteiger partial charge in [0.05, 0.1) is 4.92 Å². The van der Waals surface area contributed by atoms with Gasteiger partial charge in [0.1, 0.15) is 0 Å². The predicted molar refractivity (Wildman–Crippen MR) is 49.7 cm³/mol. The highest BCUT2D eigenvalue weighted by molar-refractivity contribution is 5.57. The van der Waals surface area contributed by atoms with Crippen molar-refractivity contribution < 1.29 is 9.45 Å². The van der Waals surface area contributed by atoms with E-state index in [1.165, 1.54) is 0 Å². The van der Waals surface area contributed by atoms with Crippen LogP contribution in [0.1, 0.15) is 24.3 Å². The molecule has 0 saturated heterocycles. The molecule has 2 rings (SSSR count). The Labute approximate surface area is 80.5 Å². The Kier molecular flexibility index (Phi) is 2.07. The molecule has 14 heavy (non-hydrogen) atoms. The number of nitro groups is 1. The van der Waals surface area contributed by atoms with Crippen LogP contribution < -0.4 is 0 Å². The van der Waals surface area contributed by atoms with Crippen molar-refractivity contribution in [2.45, 2.75) is 19.8 Å². The van der Waals surface area contributed by atoms with Crippen LogP contribution in [0.15, 0.2) is 10.6 Å². The first-order valence-electron chi connectivity index (χ1n) is 4.47. The molecule has 0 N–H and O–H groups in total. The fourth-order valence-corrected chi connectivity index (χ4v) is 1.23. The monoisotopic (exact) mass is 194 g/mol. The molecule has 0 atom stereocenters. The first kappa shape index (κ1) is 8.93. The first-order valence-corrected chi connectivity index (χ1v) is 4.47. The molecule has 0 spiro atoms. The van der Waals surface area contributed by atoms with Gasteiger partial charge < -0.3 is 4.52 Å². The highest BCUT2D eigenvalue weighted by atomic mass is 16.6. The van der Waals surface area contributed by atoms with Gasteiger partial charge in [-0.3, -0.25) is 10.1 Å². The zero-order valence-corrected chi connectivity index (χ0v) is 7.77. The Morgan fingerprint density at radius 1 is 1.64 bits per heavy atom. The second-order valence-electron chi connectivity index (χ2n) is 3.43. The van der Waals surface area contributed by atoms with Crippen LogP contribution in [0.5, 0.6) is 0 Å². The van der Waals surface area contributed by atoms with Crippen LogP contribution in [-0.2, 0) is 0 Å². The van der Waals surface area contributed by atoms with Gasteiger partial charge in [-0.1, -0.05) is 11.2 Å². The topological polar surface area (TPSA) is 69.2 Å². The fourth-order valence-electron chi connectivity index (χ4n) is 1.23. The van der Waals surface area contributed by atoms with Gasteiger partial charge in [0.25, 0.3) is 0 Å². The average molecular weight is 194 g/mol. The lowest BCUT2D eigenvalue weighted by Crippen LogP contribution is -1.90. The number of hydrogen-bond donors (Lipinski definition) is 0. The Bertz CT molecular complexity index is 391. The van der Waals surface area contributed by atoms with Crippen molar-refractivity contribution in [1.29, 1.82) is 0 Å². The van der Waals surface area contributed by atoms with Gasteiger partial charge in [0, 0.05) is 0 Å². The molecule has 1 aliphatic rings. The molecule has 1 aromatic heterocycles. The van der Waals surface area contributed by atoms with Crippen molar-refractivity contribution in [2.75, 3.05) is 0 Å². The van der Waals surface area contributed by atoms with E-state index < -0.39 is 4.92 Å². The van der Waals surface area contributed by atoms with Crippen molar-refractivity contribution in [3.8, 4) is 0 Å². The number of rotatable bonds is 3. The minimum absolute atomic E-state index is 0.0260. The second-order valence-corrected chi connectivity index (χ2v) is 3.43. The summed E-state index contributed by atoms with van der Waals surface area (Å²) in [7, 11) is 0. The predicted octanol–water partition coefficient (Wildman–Crippen LogP) is 2.31. The summed E-state index contributed by atoms with van der Waals surface area (Å²) in [5.74, 6) is 0.819. The van der Waals surface area contributed by atoms with Gasteiger partial charge in [0.15, 0.2) is 5.69 Å². The molecule has 0 aliphatic heterocycles. The second kappa shape index (κ2) is 3.25. The molecule has 1 saturated carbocycles. The van der Waals surface area contributed by atoms with Crippen LogP contribution in [0.3, 0.4) is 0 Å². The molecule has 1 fully saturated rings. The van der Waals surface area contributed by atoms with E-state index in [0.717, 1.165) is 12.8 Å². The van der Waals surface area contributed by atoms with E-state index in [0.29, 0.717) is 11.6 Å². The van der Waals surface area contributed by atoms with Gasteiger partial charge in [-0.05, 0) is 31.8 Å². The molecule has 0 bridgehead atoms. The van der Waals surface area contributed by atoms with Crippen molar-refractivity contribution in [1.82, 2.24) is 5.16 Å². The van der Waals surface area contributed by atoms with E-state index in [2.05, 4.69) is 5.16 Å².